The number of pyridine rings is 2. The molecule has 21 heavy (non-hydrogen) atoms. The average Bonchev–Trinajstić information content (AvgIpc) is 2.50. The van der Waals surface area contributed by atoms with E-state index in [1.807, 2.05) is 17.0 Å². The van der Waals surface area contributed by atoms with Crippen LogP contribution in [0.4, 0.5) is 0 Å². The molecule has 0 fully saturated rings. The van der Waals surface area contributed by atoms with Crippen LogP contribution in [-0.2, 0) is 18.2 Å². The van der Waals surface area contributed by atoms with E-state index < -0.39 is 5.91 Å². The molecule has 1 amide bonds. The maximum atomic E-state index is 10.9. The number of ether oxygens (including phenoxy) is 1. The Kier molecular flexibility index (Phi) is 4.94. The third-order valence-electron chi connectivity index (χ3n) is 2.78. The lowest BCUT2D eigenvalue weighted by Crippen LogP contribution is -2.40. The summed E-state index contributed by atoms with van der Waals surface area (Å²) in [4.78, 5) is 10.9. The fourth-order valence-electron chi connectivity index (χ4n) is 1.67. The first-order valence-electron chi connectivity index (χ1n) is 6.22. The molecule has 0 aliphatic carbocycles. The first kappa shape index (κ1) is 14.6. The van der Waals surface area contributed by atoms with E-state index in [1.165, 1.54) is 6.21 Å². The zero-order valence-electron chi connectivity index (χ0n) is 11.3. The Bertz CT molecular complexity index is 624. The number of oxime groups is 1. The van der Waals surface area contributed by atoms with E-state index in [2.05, 4.69) is 5.16 Å². The van der Waals surface area contributed by atoms with Gasteiger partial charge >= 0.3 is 0 Å². The van der Waals surface area contributed by atoms with Gasteiger partial charge in [-0.2, -0.15) is 9.13 Å². The van der Waals surface area contributed by atoms with Gasteiger partial charge in [-0.05, 0) is 0 Å². The summed E-state index contributed by atoms with van der Waals surface area (Å²) >= 11 is 0. The molecule has 2 aromatic heterocycles. The van der Waals surface area contributed by atoms with Crippen molar-refractivity contribution >= 4 is 12.1 Å². The van der Waals surface area contributed by atoms with Gasteiger partial charge in [0, 0.05) is 29.8 Å². The highest BCUT2D eigenvalue weighted by molar-refractivity contribution is 5.92. The van der Waals surface area contributed by atoms with E-state index in [0.717, 1.165) is 5.56 Å². The van der Waals surface area contributed by atoms with Gasteiger partial charge in [0.1, 0.15) is 0 Å². The van der Waals surface area contributed by atoms with E-state index >= 15 is 0 Å². The van der Waals surface area contributed by atoms with Crippen molar-refractivity contribution in [3.8, 4) is 0 Å². The number of hydrogen-bond acceptors (Lipinski definition) is 4. The molecular weight excluding hydrogens is 272 g/mol. The fraction of sp³-hybridized carbons (Fsp3) is 0.143. The summed E-state index contributed by atoms with van der Waals surface area (Å²) in [6, 6.07) is 6.89. The lowest BCUT2D eigenvalue weighted by Gasteiger charge is -1.99. The van der Waals surface area contributed by atoms with Crippen molar-refractivity contribution < 1.29 is 23.9 Å². The van der Waals surface area contributed by atoms with Gasteiger partial charge in [-0.1, -0.05) is 5.16 Å². The van der Waals surface area contributed by atoms with Crippen molar-refractivity contribution in [2.45, 2.75) is 13.5 Å². The summed E-state index contributed by atoms with van der Waals surface area (Å²) in [6.45, 7) is 0.729. The highest BCUT2D eigenvalue weighted by Crippen LogP contribution is 1.93. The Balaban J connectivity index is 1.84. The minimum absolute atomic E-state index is 0.353. The number of amides is 1. The van der Waals surface area contributed by atoms with Crippen molar-refractivity contribution in [3.63, 3.8) is 0 Å². The highest BCUT2D eigenvalue weighted by atomic mass is 16.5. The summed E-state index contributed by atoms with van der Waals surface area (Å²) in [6.07, 6.45) is 8.44. The molecule has 7 heteroatoms. The molecule has 0 spiro atoms. The van der Waals surface area contributed by atoms with Gasteiger partial charge in [0.25, 0.3) is 13.5 Å². The van der Waals surface area contributed by atoms with Gasteiger partial charge in [-0.25, -0.2) is 0 Å². The zero-order valence-corrected chi connectivity index (χ0v) is 11.3. The second kappa shape index (κ2) is 7.11. The Morgan fingerprint density at radius 2 is 1.67 bits per heavy atom. The lowest BCUT2D eigenvalue weighted by molar-refractivity contribution is -0.788. The molecule has 7 nitrogen and oxygen atoms in total. The average molecular weight is 288 g/mol. The summed E-state index contributed by atoms with van der Waals surface area (Å²) in [5.74, 6) is -0.454. The molecule has 0 aromatic carbocycles. The molecule has 0 aliphatic rings. The van der Waals surface area contributed by atoms with Crippen molar-refractivity contribution in [3.05, 3.63) is 60.2 Å². The molecule has 0 saturated heterocycles. The molecule has 2 aromatic rings. The van der Waals surface area contributed by atoms with E-state index in [9.17, 15) is 4.79 Å². The molecule has 0 unspecified atom stereocenters. The minimum atomic E-state index is -0.454. The van der Waals surface area contributed by atoms with Gasteiger partial charge in [0.2, 0.25) is 5.91 Å². The fourth-order valence-corrected chi connectivity index (χ4v) is 1.67. The van der Waals surface area contributed by atoms with Crippen LogP contribution in [0.25, 0.3) is 0 Å². The Morgan fingerprint density at radius 1 is 1.14 bits per heavy atom. The van der Waals surface area contributed by atoms with Gasteiger partial charge in [-0.15, -0.1) is 0 Å². The molecule has 0 atom stereocenters. The monoisotopic (exact) mass is 288 g/mol. The summed E-state index contributed by atoms with van der Waals surface area (Å²) in [5, 5.41) is 11.4. The number of rotatable bonds is 6. The van der Waals surface area contributed by atoms with Crippen LogP contribution in [0.2, 0.25) is 0 Å². The largest absolute Gasteiger partial charge is 0.411 e. The van der Waals surface area contributed by atoms with Gasteiger partial charge in [-0.3, -0.25) is 9.53 Å². The standard InChI is InChI=1S/C14H14N4O3/c15-14(19)13-3-7-18(8-4-13)11-21-10-17-5-1-12(2-6-17)9-16-20/h1-9H,10-11H2,(H-,15,19)/p+2. The van der Waals surface area contributed by atoms with Gasteiger partial charge in [0.15, 0.2) is 24.8 Å². The topological polar surface area (TPSA) is 92.7 Å². The molecule has 2 rings (SSSR count). The molecule has 2 heterocycles. The molecule has 0 aliphatic heterocycles. The first-order chi connectivity index (χ1) is 10.2. The predicted molar refractivity (Wildman–Crippen MR) is 72.3 cm³/mol. The van der Waals surface area contributed by atoms with Crippen LogP contribution < -0.4 is 14.9 Å². The van der Waals surface area contributed by atoms with Crippen LogP contribution in [0.3, 0.4) is 0 Å². The van der Waals surface area contributed by atoms with Gasteiger partial charge < -0.3 is 10.9 Å². The maximum absolute atomic E-state index is 10.9. The number of nitrogens with two attached hydrogens (primary N) is 1. The number of primary amides is 1. The number of carbonyl (C=O) groups is 1. The number of carbonyl (C=O) groups excluding carboxylic acids is 1. The third-order valence-corrected chi connectivity index (χ3v) is 2.78. The lowest BCUT2D eigenvalue weighted by atomic mass is 10.2. The van der Waals surface area contributed by atoms with E-state index in [-0.39, 0.29) is 0 Å². The Hall–Kier alpha value is -2.80. The molecule has 108 valence electrons. The van der Waals surface area contributed by atoms with Crippen molar-refractivity contribution in [1.29, 1.82) is 0 Å². The second-order valence-electron chi connectivity index (χ2n) is 4.32. The number of aromatic nitrogens is 2. The van der Waals surface area contributed by atoms with Crippen molar-refractivity contribution in [2.75, 3.05) is 0 Å². The quantitative estimate of drug-likeness (QED) is 0.334. The summed E-state index contributed by atoms with van der Waals surface area (Å²) < 4.78 is 9.16. The van der Waals surface area contributed by atoms with Crippen LogP contribution in [0, 0.1) is 0 Å². The third kappa shape index (κ3) is 4.36. The van der Waals surface area contributed by atoms with Crippen molar-refractivity contribution in [2.24, 2.45) is 10.9 Å². The van der Waals surface area contributed by atoms with Crippen LogP contribution in [-0.4, -0.2) is 17.3 Å². The molecule has 3 N–H and O–H groups in total. The minimum Gasteiger partial charge on any atom is -0.411 e. The smallest absolute Gasteiger partial charge is 0.257 e. The maximum Gasteiger partial charge on any atom is 0.257 e. The normalized spacial score (nSPS) is 10.9. The Labute approximate surface area is 121 Å². The van der Waals surface area contributed by atoms with Crippen LogP contribution in [0.5, 0.6) is 0 Å². The van der Waals surface area contributed by atoms with E-state index in [0.29, 0.717) is 19.0 Å². The number of nitrogens with zero attached hydrogens (tertiary/aromatic N) is 3. The van der Waals surface area contributed by atoms with E-state index in [1.54, 1.807) is 41.2 Å². The molecule has 0 bridgehead atoms. The predicted octanol–water partition coefficient (Wildman–Crippen LogP) is -0.200. The number of hydrogen-bond donors (Lipinski definition) is 2. The SMILES string of the molecule is NC(=O)c1cc[n+](COC[n+]2ccc(C=NO)cc2)cc1. The van der Waals surface area contributed by atoms with Crippen LogP contribution in [0.1, 0.15) is 15.9 Å². The molecular formula is C14H16N4O3+2. The molecule has 0 saturated carbocycles. The highest BCUT2D eigenvalue weighted by Gasteiger charge is 2.06. The summed E-state index contributed by atoms with van der Waals surface area (Å²) in [5.41, 5.74) is 6.42. The molecule has 0 radical (unpaired) electrons. The van der Waals surface area contributed by atoms with Crippen LogP contribution >= 0.6 is 0 Å². The van der Waals surface area contributed by atoms with Crippen LogP contribution in [0.15, 0.2) is 54.2 Å². The second-order valence-corrected chi connectivity index (χ2v) is 4.32. The zero-order chi connectivity index (χ0) is 15.1. The summed E-state index contributed by atoms with van der Waals surface area (Å²) in [7, 11) is 0. The van der Waals surface area contributed by atoms with Crippen molar-refractivity contribution in [1.82, 2.24) is 0 Å². The van der Waals surface area contributed by atoms with Gasteiger partial charge in [0.05, 0.1) is 11.8 Å². The Morgan fingerprint density at radius 3 is 2.14 bits per heavy atom. The van der Waals surface area contributed by atoms with E-state index in [4.69, 9.17) is 15.7 Å². The first-order valence-corrected chi connectivity index (χ1v) is 6.22.